The minimum absolute atomic E-state index is 0.612. The number of hydrogen-bond donors (Lipinski definition) is 0. The number of benzene rings is 1. The highest BCUT2D eigenvalue weighted by Gasteiger charge is 2.23. The number of fused-ring (bicyclic) bond motifs is 1. The molecule has 1 nitrogen and oxygen atoms in total. The third-order valence-electron chi connectivity index (χ3n) is 3.07. The van der Waals surface area contributed by atoms with Crippen molar-refractivity contribution in [2.75, 3.05) is 6.61 Å². The molecule has 0 unspecified atom stereocenters. The Labute approximate surface area is 91.5 Å². The molecule has 0 aliphatic carbocycles. The van der Waals surface area contributed by atoms with Crippen LogP contribution in [0.2, 0.25) is 0 Å². The fraction of sp³-hybridized carbons (Fsp3) is 0.429. The summed E-state index contributed by atoms with van der Waals surface area (Å²) < 4.78 is 5.65. The van der Waals surface area contributed by atoms with Crippen molar-refractivity contribution in [1.82, 2.24) is 0 Å². The average molecular weight is 200 g/mol. The van der Waals surface area contributed by atoms with E-state index < -0.39 is 0 Å². The molecule has 0 bridgehead atoms. The zero-order chi connectivity index (χ0) is 10.8. The summed E-state index contributed by atoms with van der Waals surface area (Å²) in [6.45, 7) is 5.33. The van der Waals surface area contributed by atoms with E-state index >= 15 is 0 Å². The monoisotopic (exact) mass is 200 g/mol. The minimum atomic E-state index is 0.612. The summed E-state index contributed by atoms with van der Waals surface area (Å²) in [5.41, 5.74) is 2.22. The van der Waals surface area contributed by atoms with Crippen molar-refractivity contribution >= 4 is 0 Å². The van der Waals surface area contributed by atoms with Crippen molar-refractivity contribution in [1.29, 1.82) is 0 Å². The second-order valence-electron chi connectivity index (χ2n) is 4.38. The Morgan fingerprint density at radius 2 is 2.27 bits per heavy atom. The van der Waals surface area contributed by atoms with Crippen molar-refractivity contribution in [3.8, 4) is 18.1 Å². The summed E-state index contributed by atoms with van der Waals surface area (Å²) in [6.07, 6.45) is 6.48. The molecule has 0 amide bonds. The van der Waals surface area contributed by atoms with Gasteiger partial charge in [0.25, 0.3) is 0 Å². The molecular weight excluding hydrogens is 184 g/mol. The van der Waals surface area contributed by atoms with Gasteiger partial charge in [-0.25, -0.2) is 0 Å². The molecule has 78 valence electrons. The Hall–Kier alpha value is -1.42. The van der Waals surface area contributed by atoms with Crippen LogP contribution in [0.1, 0.15) is 37.3 Å². The fourth-order valence-electron chi connectivity index (χ4n) is 2.20. The molecule has 15 heavy (non-hydrogen) atoms. The van der Waals surface area contributed by atoms with E-state index in [9.17, 15) is 0 Å². The summed E-state index contributed by atoms with van der Waals surface area (Å²) >= 11 is 0. The van der Waals surface area contributed by atoms with E-state index in [1.54, 1.807) is 0 Å². The molecule has 0 N–H and O–H groups in total. The predicted octanol–water partition coefficient (Wildman–Crippen LogP) is 3.19. The summed E-state index contributed by atoms with van der Waals surface area (Å²) in [6, 6.07) is 6.10. The lowest BCUT2D eigenvalue weighted by Gasteiger charge is -2.28. The molecule has 0 radical (unpaired) electrons. The van der Waals surface area contributed by atoms with E-state index in [2.05, 4.69) is 25.8 Å². The van der Waals surface area contributed by atoms with Gasteiger partial charge in [-0.3, -0.25) is 0 Å². The Kier molecular flexibility index (Phi) is 2.68. The van der Waals surface area contributed by atoms with Crippen LogP contribution in [0.15, 0.2) is 18.2 Å². The molecule has 1 atom stereocenters. The van der Waals surface area contributed by atoms with E-state index in [-0.39, 0.29) is 0 Å². The molecule has 1 aromatic carbocycles. The van der Waals surface area contributed by atoms with Gasteiger partial charge in [0.05, 0.1) is 6.61 Å². The van der Waals surface area contributed by atoms with Gasteiger partial charge in [-0.15, -0.1) is 6.42 Å². The zero-order valence-corrected chi connectivity index (χ0v) is 9.29. The number of hydrogen-bond acceptors (Lipinski definition) is 1. The normalized spacial score (nSPS) is 19.2. The molecule has 0 saturated heterocycles. The third-order valence-corrected chi connectivity index (χ3v) is 3.07. The summed E-state index contributed by atoms with van der Waals surface area (Å²) in [5, 5.41) is 0. The van der Waals surface area contributed by atoms with Crippen LogP contribution in [0, 0.1) is 18.3 Å². The molecule has 1 heterocycles. The lowest BCUT2D eigenvalue weighted by atomic mass is 9.84. The summed E-state index contributed by atoms with van der Waals surface area (Å²) in [5.74, 6) is 4.89. The van der Waals surface area contributed by atoms with Crippen LogP contribution >= 0.6 is 0 Å². The van der Waals surface area contributed by atoms with Crippen LogP contribution in [-0.4, -0.2) is 6.61 Å². The van der Waals surface area contributed by atoms with Gasteiger partial charge >= 0.3 is 0 Å². The third kappa shape index (κ3) is 1.85. The molecule has 1 aromatic rings. The first-order chi connectivity index (χ1) is 7.22. The lowest BCUT2D eigenvalue weighted by Crippen LogP contribution is -2.18. The summed E-state index contributed by atoms with van der Waals surface area (Å²) in [7, 11) is 0. The second-order valence-corrected chi connectivity index (χ2v) is 4.38. The zero-order valence-electron chi connectivity index (χ0n) is 9.29. The summed E-state index contributed by atoms with van der Waals surface area (Å²) in [4.78, 5) is 0. The fourth-order valence-corrected chi connectivity index (χ4v) is 2.20. The molecule has 0 aromatic heterocycles. The highest BCUT2D eigenvalue weighted by molar-refractivity contribution is 5.46. The smallest absolute Gasteiger partial charge is 0.124 e. The van der Waals surface area contributed by atoms with Gasteiger partial charge in [-0.2, -0.15) is 0 Å². The van der Waals surface area contributed by atoms with Crippen LogP contribution in [0.5, 0.6) is 5.75 Å². The van der Waals surface area contributed by atoms with E-state index in [1.807, 2.05) is 12.1 Å². The number of rotatable bonds is 1. The van der Waals surface area contributed by atoms with E-state index in [0.717, 1.165) is 24.3 Å². The highest BCUT2D eigenvalue weighted by atomic mass is 16.5. The van der Waals surface area contributed by atoms with Crippen LogP contribution in [0.4, 0.5) is 0 Å². The van der Waals surface area contributed by atoms with Gasteiger partial charge in [-0.1, -0.05) is 25.8 Å². The lowest BCUT2D eigenvalue weighted by molar-refractivity contribution is 0.247. The van der Waals surface area contributed by atoms with Gasteiger partial charge < -0.3 is 4.74 Å². The van der Waals surface area contributed by atoms with Crippen molar-refractivity contribution in [2.45, 2.75) is 26.2 Å². The first kappa shape index (κ1) is 10.1. The minimum Gasteiger partial charge on any atom is -0.493 e. The SMILES string of the molecule is C#Cc1ccc2c(c1)OCC[C@H]2C(C)C. The van der Waals surface area contributed by atoms with Gasteiger partial charge in [-0.05, 0) is 36.0 Å². The number of terminal acetylenes is 1. The maximum absolute atomic E-state index is 5.65. The molecule has 0 spiro atoms. The van der Waals surface area contributed by atoms with Gasteiger partial charge in [0.15, 0.2) is 0 Å². The topological polar surface area (TPSA) is 9.23 Å². The maximum atomic E-state index is 5.65. The molecule has 0 fully saturated rings. The Bertz CT molecular complexity index is 398. The predicted molar refractivity (Wildman–Crippen MR) is 62.1 cm³/mol. The largest absolute Gasteiger partial charge is 0.493 e. The maximum Gasteiger partial charge on any atom is 0.124 e. The van der Waals surface area contributed by atoms with Crippen LogP contribution in [0.3, 0.4) is 0 Å². The second kappa shape index (κ2) is 3.98. The molecule has 0 saturated carbocycles. The molecule has 1 aliphatic heterocycles. The average Bonchev–Trinajstić information content (AvgIpc) is 2.27. The van der Waals surface area contributed by atoms with E-state index in [0.29, 0.717) is 11.8 Å². The Morgan fingerprint density at radius 1 is 1.47 bits per heavy atom. The van der Waals surface area contributed by atoms with Crippen molar-refractivity contribution in [3.63, 3.8) is 0 Å². The van der Waals surface area contributed by atoms with Crippen LogP contribution < -0.4 is 4.74 Å². The molecular formula is C14H16O. The first-order valence-corrected chi connectivity index (χ1v) is 5.45. The quantitative estimate of drug-likeness (QED) is 0.633. The van der Waals surface area contributed by atoms with Crippen molar-refractivity contribution in [3.05, 3.63) is 29.3 Å². The Morgan fingerprint density at radius 3 is 2.93 bits per heavy atom. The van der Waals surface area contributed by atoms with Crippen LogP contribution in [-0.2, 0) is 0 Å². The van der Waals surface area contributed by atoms with Gasteiger partial charge in [0, 0.05) is 5.56 Å². The molecule has 1 heteroatoms. The standard InChI is InChI=1S/C14H16O/c1-4-11-5-6-13-12(10(2)3)7-8-15-14(13)9-11/h1,5-6,9-10,12H,7-8H2,2-3H3/t12-/m0/s1. The van der Waals surface area contributed by atoms with Crippen molar-refractivity contribution in [2.24, 2.45) is 5.92 Å². The van der Waals surface area contributed by atoms with Crippen molar-refractivity contribution < 1.29 is 4.74 Å². The van der Waals surface area contributed by atoms with Crippen LogP contribution in [0.25, 0.3) is 0 Å². The van der Waals surface area contributed by atoms with E-state index in [1.165, 1.54) is 5.56 Å². The number of ether oxygens (including phenoxy) is 1. The molecule has 2 rings (SSSR count). The first-order valence-electron chi connectivity index (χ1n) is 5.45. The highest BCUT2D eigenvalue weighted by Crippen LogP contribution is 2.38. The van der Waals surface area contributed by atoms with E-state index in [4.69, 9.17) is 11.2 Å². The van der Waals surface area contributed by atoms with Gasteiger partial charge in [0.1, 0.15) is 5.75 Å². The van der Waals surface area contributed by atoms with Gasteiger partial charge in [0.2, 0.25) is 0 Å². The molecule has 1 aliphatic rings. The Balaban J connectivity index is 2.41.